The number of oxime groups is 1. The van der Waals surface area contributed by atoms with Crippen molar-refractivity contribution in [3.05, 3.63) is 53.7 Å². The number of rotatable bonds is 3. The van der Waals surface area contributed by atoms with E-state index in [0.29, 0.717) is 5.76 Å². The van der Waals surface area contributed by atoms with Crippen molar-refractivity contribution in [3.8, 4) is 0 Å². The van der Waals surface area contributed by atoms with Gasteiger partial charge in [0.05, 0.1) is 11.8 Å². The van der Waals surface area contributed by atoms with E-state index in [1.54, 1.807) is 6.07 Å². The van der Waals surface area contributed by atoms with E-state index in [2.05, 4.69) is 15.0 Å². The van der Waals surface area contributed by atoms with Gasteiger partial charge in [-0.3, -0.25) is 4.98 Å². The third-order valence-electron chi connectivity index (χ3n) is 2.15. The van der Waals surface area contributed by atoms with Gasteiger partial charge in [-0.05, 0) is 24.3 Å². The lowest BCUT2D eigenvalue weighted by molar-refractivity contribution is -0.141. The van der Waals surface area contributed by atoms with Crippen molar-refractivity contribution in [1.82, 2.24) is 4.98 Å². The van der Waals surface area contributed by atoms with Gasteiger partial charge in [-0.1, -0.05) is 5.16 Å². The first kappa shape index (κ1) is 13.8. The van der Waals surface area contributed by atoms with Gasteiger partial charge in [0.15, 0.2) is 5.69 Å². The number of halogens is 3. The summed E-state index contributed by atoms with van der Waals surface area (Å²) < 4.78 is 42.8. The largest absolute Gasteiger partial charge is 0.463 e. The van der Waals surface area contributed by atoms with E-state index < -0.39 is 23.4 Å². The molecule has 0 aromatic carbocycles. The van der Waals surface area contributed by atoms with Crippen LogP contribution in [0.5, 0.6) is 0 Å². The second-order valence-electron chi connectivity index (χ2n) is 3.53. The highest BCUT2D eigenvalue weighted by molar-refractivity contribution is 5.91. The topological polar surface area (TPSA) is 64.7 Å². The molecule has 0 aliphatic rings. The van der Waals surface area contributed by atoms with Crippen LogP contribution in [0.15, 0.2) is 46.3 Å². The van der Waals surface area contributed by atoms with E-state index in [1.165, 1.54) is 18.4 Å². The van der Waals surface area contributed by atoms with Crippen molar-refractivity contribution in [2.75, 3.05) is 0 Å². The van der Waals surface area contributed by atoms with Crippen molar-refractivity contribution in [1.29, 1.82) is 0 Å². The Balaban J connectivity index is 2.14. The predicted molar refractivity (Wildman–Crippen MR) is 61.0 cm³/mol. The van der Waals surface area contributed by atoms with E-state index in [0.717, 1.165) is 18.5 Å². The fourth-order valence-corrected chi connectivity index (χ4v) is 1.34. The summed E-state index contributed by atoms with van der Waals surface area (Å²) in [5.41, 5.74) is -2.03. The first-order valence-corrected chi connectivity index (χ1v) is 5.29. The first-order valence-electron chi connectivity index (χ1n) is 5.29. The molecule has 2 heterocycles. The molecule has 0 saturated carbocycles. The lowest BCUT2D eigenvalue weighted by atomic mass is 10.2. The number of hydrogen-bond donors (Lipinski definition) is 0. The van der Waals surface area contributed by atoms with Crippen LogP contribution in [0.1, 0.15) is 21.8 Å². The molecule has 2 rings (SSSR count). The molecule has 20 heavy (non-hydrogen) atoms. The maximum atomic E-state index is 12.6. The zero-order valence-electron chi connectivity index (χ0n) is 9.79. The smallest absolute Gasteiger partial charge is 0.434 e. The fourth-order valence-electron chi connectivity index (χ4n) is 1.34. The van der Waals surface area contributed by atoms with Crippen LogP contribution in [-0.4, -0.2) is 17.2 Å². The van der Waals surface area contributed by atoms with Crippen molar-refractivity contribution >= 4 is 12.2 Å². The molecule has 0 amide bonds. The second-order valence-corrected chi connectivity index (χ2v) is 3.53. The van der Waals surface area contributed by atoms with E-state index in [4.69, 9.17) is 4.42 Å². The molecule has 0 spiro atoms. The quantitative estimate of drug-likeness (QED) is 0.494. The third-order valence-corrected chi connectivity index (χ3v) is 2.15. The molecule has 0 radical (unpaired) electrons. The standard InChI is InChI=1S/C12H7F3N2O3/c13-12(14,15)10-9(4-1-5-16-10)11(18)20-17-7-8-3-2-6-19-8/h1-7H. The van der Waals surface area contributed by atoms with Crippen LogP contribution in [0, 0.1) is 0 Å². The summed E-state index contributed by atoms with van der Waals surface area (Å²) in [6.45, 7) is 0. The number of aromatic nitrogens is 1. The van der Waals surface area contributed by atoms with Crippen LogP contribution >= 0.6 is 0 Å². The molecule has 0 unspecified atom stereocenters. The molecule has 0 aliphatic carbocycles. The monoisotopic (exact) mass is 284 g/mol. The normalized spacial score (nSPS) is 11.8. The summed E-state index contributed by atoms with van der Waals surface area (Å²) in [5.74, 6) is -0.965. The molecule has 0 aliphatic heterocycles. The van der Waals surface area contributed by atoms with Gasteiger partial charge in [-0.15, -0.1) is 0 Å². The Morgan fingerprint density at radius 2 is 2.15 bits per heavy atom. The number of furan rings is 1. The Morgan fingerprint density at radius 1 is 1.35 bits per heavy atom. The summed E-state index contributed by atoms with van der Waals surface area (Å²) >= 11 is 0. The molecule has 0 bridgehead atoms. The Labute approximate surface area is 110 Å². The minimum absolute atomic E-state index is 0.292. The van der Waals surface area contributed by atoms with E-state index in [-0.39, 0.29) is 0 Å². The number of hydrogen-bond acceptors (Lipinski definition) is 5. The van der Waals surface area contributed by atoms with Crippen LogP contribution in [0.3, 0.4) is 0 Å². The molecular formula is C12H7F3N2O3. The lowest BCUT2D eigenvalue weighted by Crippen LogP contribution is -2.15. The van der Waals surface area contributed by atoms with E-state index in [1.807, 2.05) is 0 Å². The summed E-state index contributed by atoms with van der Waals surface area (Å²) in [7, 11) is 0. The van der Waals surface area contributed by atoms with E-state index >= 15 is 0 Å². The minimum atomic E-state index is -4.75. The van der Waals surface area contributed by atoms with Crippen LogP contribution in [0.4, 0.5) is 13.2 Å². The number of nitrogens with zero attached hydrogens (tertiary/aromatic N) is 2. The Bertz CT molecular complexity index is 621. The molecule has 2 aromatic rings. The molecule has 0 atom stereocenters. The summed E-state index contributed by atoms with van der Waals surface area (Å²) in [6, 6.07) is 5.26. The summed E-state index contributed by atoms with van der Waals surface area (Å²) in [5, 5.41) is 3.25. The number of pyridine rings is 1. The molecule has 0 fully saturated rings. The van der Waals surface area contributed by atoms with Gasteiger partial charge in [-0.2, -0.15) is 13.2 Å². The number of carbonyl (C=O) groups excluding carboxylic acids is 1. The van der Waals surface area contributed by atoms with Gasteiger partial charge in [-0.25, -0.2) is 4.79 Å². The average Bonchev–Trinajstić information content (AvgIpc) is 2.91. The predicted octanol–water partition coefficient (Wildman–Crippen LogP) is 2.88. The molecule has 104 valence electrons. The van der Waals surface area contributed by atoms with Crippen molar-refractivity contribution in [2.24, 2.45) is 5.16 Å². The summed E-state index contributed by atoms with van der Waals surface area (Å²) in [6.07, 6.45) is -1.39. The zero-order valence-corrected chi connectivity index (χ0v) is 9.79. The molecular weight excluding hydrogens is 277 g/mol. The molecule has 0 saturated heterocycles. The lowest BCUT2D eigenvalue weighted by Gasteiger charge is -2.08. The van der Waals surface area contributed by atoms with Gasteiger partial charge in [0, 0.05) is 6.20 Å². The van der Waals surface area contributed by atoms with Gasteiger partial charge in [0.2, 0.25) is 0 Å². The van der Waals surface area contributed by atoms with Crippen LogP contribution in [-0.2, 0) is 11.0 Å². The highest BCUT2D eigenvalue weighted by Gasteiger charge is 2.37. The molecule has 8 heteroatoms. The van der Waals surface area contributed by atoms with Crippen LogP contribution < -0.4 is 0 Å². The highest BCUT2D eigenvalue weighted by Crippen LogP contribution is 2.30. The third kappa shape index (κ3) is 3.22. The van der Waals surface area contributed by atoms with E-state index in [9.17, 15) is 18.0 Å². The van der Waals surface area contributed by atoms with Crippen LogP contribution in [0.2, 0.25) is 0 Å². The first-order chi connectivity index (χ1) is 9.48. The minimum Gasteiger partial charge on any atom is -0.463 e. The molecule has 0 N–H and O–H groups in total. The van der Waals surface area contributed by atoms with Gasteiger partial charge in [0.25, 0.3) is 0 Å². The second kappa shape index (κ2) is 5.55. The zero-order chi connectivity index (χ0) is 14.6. The number of carbonyl (C=O) groups is 1. The van der Waals surface area contributed by atoms with Gasteiger partial charge in [0.1, 0.15) is 12.0 Å². The highest BCUT2D eigenvalue weighted by atomic mass is 19.4. The van der Waals surface area contributed by atoms with Crippen LogP contribution in [0.25, 0.3) is 0 Å². The van der Waals surface area contributed by atoms with Gasteiger partial charge < -0.3 is 9.25 Å². The molecule has 2 aromatic heterocycles. The summed E-state index contributed by atoms with van der Waals surface area (Å²) in [4.78, 5) is 19.0. The average molecular weight is 284 g/mol. The molecule has 5 nitrogen and oxygen atoms in total. The SMILES string of the molecule is O=C(ON=Cc1ccco1)c1cccnc1C(F)(F)F. The maximum absolute atomic E-state index is 12.6. The maximum Gasteiger partial charge on any atom is 0.434 e. The van der Waals surface area contributed by atoms with Crippen molar-refractivity contribution < 1.29 is 27.2 Å². The fraction of sp³-hybridized carbons (Fsp3) is 0.0833. The Kier molecular flexibility index (Phi) is 3.83. The van der Waals surface area contributed by atoms with Gasteiger partial charge >= 0.3 is 12.1 Å². The van der Waals surface area contributed by atoms with Crippen molar-refractivity contribution in [3.63, 3.8) is 0 Å². The Morgan fingerprint density at radius 3 is 2.80 bits per heavy atom. The Hall–Kier alpha value is -2.64. The number of alkyl halides is 3. The van der Waals surface area contributed by atoms with Crippen molar-refractivity contribution in [2.45, 2.75) is 6.18 Å².